The van der Waals surface area contributed by atoms with Crippen LogP contribution in [-0.2, 0) is 17.4 Å². The van der Waals surface area contributed by atoms with Crippen LogP contribution in [0, 0.1) is 17.2 Å². The van der Waals surface area contributed by atoms with Crippen molar-refractivity contribution in [3.8, 4) is 6.07 Å². The van der Waals surface area contributed by atoms with Gasteiger partial charge in [0.2, 0.25) is 11.7 Å². The minimum Gasteiger partial charge on any atom is -0.465 e. The van der Waals surface area contributed by atoms with Crippen LogP contribution < -0.4 is 20.4 Å². The van der Waals surface area contributed by atoms with E-state index >= 15 is 0 Å². The first-order valence-electron chi connectivity index (χ1n) is 12.9. The number of carboxylic acid groups (broad SMARTS) is 1. The third-order valence-corrected chi connectivity index (χ3v) is 7.08. The number of nitriles is 1. The van der Waals surface area contributed by atoms with Gasteiger partial charge in [-0.25, -0.2) is 14.8 Å². The molecule has 3 heterocycles. The minimum absolute atomic E-state index is 0.0618. The summed E-state index contributed by atoms with van der Waals surface area (Å²) in [5.74, 6) is -1.23. The molecule has 1 atom stereocenters. The van der Waals surface area contributed by atoms with Gasteiger partial charge in [-0.1, -0.05) is 12.1 Å². The van der Waals surface area contributed by atoms with Crippen LogP contribution in [0.4, 0.5) is 29.6 Å². The first-order chi connectivity index (χ1) is 18.6. The number of benzene rings is 1. The van der Waals surface area contributed by atoms with E-state index in [0.717, 1.165) is 5.56 Å². The molecule has 1 unspecified atom stereocenters. The second kappa shape index (κ2) is 12.2. The van der Waals surface area contributed by atoms with E-state index in [1.54, 1.807) is 21.9 Å². The van der Waals surface area contributed by atoms with Crippen molar-refractivity contribution in [3.63, 3.8) is 0 Å². The zero-order chi connectivity index (χ0) is 28.0. The summed E-state index contributed by atoms with van der Waals surface area (Å²) < 4.78 is 41.2. The lowest BCUT2D eigenvalue weighted by Crippen LogP contribution is -2.44. The molecular weight excluding hydrogens is 515 g/mol. The molecule has 2 amide bonds. The molecule has 0 spiro atoms. The van der Waals surface area contributed by atoms with Crippen LogP contribution in [0.5, 0.6) is 0 Å². The van der Waals surface area contributed by atoms with Crippen molar-refractivity contribution in [2.24, 2.45) is 5.92 Å². The third-order valence-electron chi connectivity index (χ3n) is 7.08. The van der Waals surface area contributed by atoms with E-state index in [0.29, 0.717) is 70.4 Å². The van der Waals surface area contributed by atoms with E-state index < -0.39 is 24.1 Å². The SMILES string of the molecule is N#Cc1ccc(CCNC(=O)C2CCCN2c2cc(N3CCC(CNC(=O)O)CC3)nc(C(F)(F)F)n2)cc1. The number of carbonyl (C=O) groups is 2. The fourth-order valence-electron chi connectivity index (χ4n) is 4.96. The van der Waals surface area contributed by atoms with Crippen LogP contribution in [0.3, 0.4) is 0 Å². The molecule has 3 N–H and O–H groups in total. The van der Waals surface area contributed by atoms with Gasteiger partial charge >= 0.3 is 12.3 Å². The highest BCUT2D eigenvalue weighted by Crippen LogP contribution is 2.33. The van der Waals surface area contributed by atoms with E-state index in [2.05, 4.69) is 26.7 Å². The second-order valence-electron chi connectivity index (χ2n) is 9.72. The van der Waals surface area contributed by atoms with Crippen molar-refractivity contribution in [2.45, 2.75) is 44.3 Å². The molecule has 4 rings (SSSR count). The quantitative estimate of drug-likeness (QED) is 0.461. The molecule has 1 aromatic carbocycles. The average Bonchev–Trinajstić information content (AvgIpc) is 3.42. The number of hydrogen-bond donors (Lipinski definition) is 3. The highest BCUT2D eigenvalue weighted by Gasteiger charge is 2.38. The molecule has 0 bridgehead atoms. The average molecular weight is 546 g/mol. The molecule has 208 valence electrons. The molecule has 2 saturated heterocycles. The Bertz CT molecular complexity index is 1210. The van der Waals surface area contributed by atoms with Gasteiger partial charge in [-0.3, -0.25) is 4.79 Å². The summed E-state index contributed by atoms with van der Waals surface area (Å²) in [6.07, 6.45) is -2.97. The molecule has 10 nitrogen and oxygen atoms in total. The third kappa shape index (κ3) is 7.28. The standard InChI is InChI=1S/C26H30F3N7O3/c27-26(28,29)24-33-21(35-12-8-19(9-13-35)16-32-25(38)39)14-22(34-24)36-11-1-2-20(36)23(37)31-10-7-17-3-5-18(15-30)6-4-17/h3-6,14,19-20,32H,1-2,7-13,16H2,(H,31,37)(H,38,39). The molecule has 2 aliphatic heterocycles. The van der Waals surface area contributed by atoms with E-state index in [9.17, 15) is 22.8 Å². The summed E-state index contributed by atoms with van der Waals surface area (Å²) in [7, 11) is 0. The van der Waals surface area contributed by atoms with Crippen LogP contribution in [0.25, 0.3) is 0 Å². The lowest BCUT2D eigenvalue weighted by atomic mass is 9.97. The van der Waals surface area contributed by atoms with Crippen LogP contribution in [0.15, 0.2) is 30.3 Å². The lowest BCUT2D eigenvalue weighted by Gasteiger charge is -2.34. The molecule has 2 aromatic rings. The van der Waals surface area contributed by atoms with Crippen molar-refractivity contribution in [1.82, 2.24) is 20.6 Å². The molecular formula is C26H30F3N7O3. The number of aromatic nitrogens is 2. The summed E-state index contributed by atoms with van der Waals surface area (Å²) in [5, 5.41) is 23.0. The fourth-order valence-corrected chi connectivity index (χ4v) is 4.96. The normalized spacial score (nSPS) is 18.1. The molecule has 2 fully saturated rings. The molecule has 1 aromatic heterocycles. The topological polar surface area (TPSA) is 134 Å². The highest BCUT2D eigenvalue weighted by atomic mass is 19.4. The number of rotatable bonds is 8. The highest BCUT2D eigenvalue weighted by molar-refractivity contribution is 5.85. The Balaban J connectivity index is 1.44. The first kappa shape index (κ1) is 27.9. The predicted molar refractivity (Wildman–Crippen MR) is 136 cm³/mol. The van der Waals surface area contributed by atoms with Gasteiger partial charge in [-0.15, -0.1) is 0 Å². The molecule has 39 heavy (non-hydrogen) atoms. The van der Waals surface area contributed by atoms with Gasteiger partial charge in [-0.2, -0.15) is 18.4 Å². The zero-order valence-corrected chi connectivity index (χ0v) is 21.2. The van der Waals surface area contributed by atoms with E-state index in [1.165, 1.54) is 6.07 Å². The number of halogens is 3. The Morgan fingerprint density at radius 3 is 2.38 bits per heavy atom. The van der Waals surface area contributed by atoms with Gasteiger partial charge in [0.25, 0.3) is 0 Å². The van der Waals surface area contributed by atoms with Gasteiger partial charge in [0.15, 0.2) is 0 Å². The largest absolute Gasteiger partial charge is 0.465 e. The Morgan fingerprint density at radius 2 is 1.74 bits per heavy atom. The van der Waals surface area contributed by atoms with Crippen LogP contribution in [-0.4, -0.2) is 65.8 Å². The van der Waals surface area contributed by atoms with Crippen molar-refractivity contribution < 1.29 is 27.9 Å². The molecule has 2 aliphatic rings. The smallest absolute Gasteiger partial charge is 0.451 e. The molecule has 0 radical (unpaired) electrons. The number of nitrogens with one attached hydrogen (secondary N) is 2. The van der Waals surface area contributed by atoms with E-state index in [1.807, 2.05) is 12.1 Å². The summed E-state index contributed by atoms with van der Waals surface area (Å²) in [6.45, 7) is 1.90. The van der Waals surface area contributed by atoms with E-state index in [-0.39, 0.29) is 23.5 Å². The molecule has 0 saturated carbocycles. The first-order valence-corrected chi connectivity index (χ1v) is 12.9. The zero-order valence-electron chi connectivity index (χ0n) is 21.2. The Labute approximate surface area is 223 Å². The van der Waals surface area contributed by atoms with Crippen molar-refractivity contribution in [1.29, 1.82) is 5.26 Å². The Morgan fingerprint density at radius 1 is 1.05 bits per heavy atom. The van der Waals surface area contributed by atoms with Crippen LogP contribution in [0.1, 0.15) is 42.6 Å². The maximum atomic E-state index is 13.7. The van der Waals surface area contributed by atoms with Crippen molar-refractivity contribution in [3.05, 3.63) is 47.3 Å². The summed E-state index contributed by atoms with van der Waals surface area (Å²) in [4.78, 5) is 34.7. The van der Waals surface area contributed by atoms with Crippen LogP contribution >= 0.6 is 0 Å². The monoisotopic (exact) mass is 545 g/mol. The van der Waals surface area contributed by atoms with Gasteiger partial charge < -0.3 is 25.5 Å². The maximum absolute atomic E-state index is 13.7. The summed E-state index contributed by atoms with van der Waals surface area (Å²) in [5.41, 5.74) is 1.50. The number of amides is 2. The van der Waals surface area contributed by atoms with Gasteiger partial charge in [0, 0.05) is 38.8 Å². The number of alkyl halides is 3. The van der Waals surface area contributed by atoms with Gasteiger partial charge in [-0.05, 0) is 55.7 Å². The second-order valence-corrected chi connectivity index (χ2v) is 9.72. The Hall–Kier alpha value is -4.08. The summed E-state index contributed by atoms with van der Waals surface area (Å²) >= 11 is 0. The number of hydrogen-bond acceptors (Lipinski definition) is 7. The van der Waals surface area contributed by atoms with Crippen molar-refractivity contribution in [2.75, 3.05) is 42.5 Å². The number of nitrogens with zero attached hydrogens (tertiary/aromatic N) is 5. The van der Waals surface area contributed by atoms with Crippen LogP contribution in [0.2, 0.25) is 0 Å². The van der Waals surface area contributed by atoms with Crippen molar-refractivity contribution >= 4 is 23.6 Å². The number of carbonyl (C=O) groups excluding carboxylic acids is 1. The maximum Gasteiger partial charge on any atom is 0.451 e. The fraction of sp³-hybridized carbons (Fsp3) is 0.500. The number of piperidine rings is 1. The lowest BCUT2D eigenvalue weighted by molar-refractivity contribution is -0.144. The predicted octanol–water partition coefficient (Wildman–Crippen LogP) is 3.18. The minimum atomic E-state index is -4.76. The number of anilines is 2. The molecule has 0 aliphatic carbocycles. The van der Waals surface area contributed by atoms with Gasteiger partial charge in [0.05, 0.1) is 11.6 Å². The molecule has 13 heteroatoms. The Kier molecular flexibility index (Phi) is 8.73. The van der Waals surface area contributed by atoms with Gasteiger partial charge in [0.1, 0.15) is 17.7 Å². The summed E-state index contributed by atoms with van der Waals surface area (Å²) in [6, 6.07) is 9.96. The van der Waals surface area contributed by atoms with E-state index in [4.69, 9.17) is 10.4 Å².